The van der Waals surface area contributed by atoms with Crippen LogP contribution >= 0.6 is 0 Å². The van der Waals surface area contributed by atoms with Gasteiger partial charge >= 0.3 is 0 Å². The molecule has 0 bridgehead atoms. The molecular formula is C16H14FN3O. The summed E-state index contributed by atoms with van der Waals surface area (Å²) in [6.07, 6.45) is 0. The molecule has 4 nitrogen and oxygen atoms in total. The number of nitrogen functional groups attached to an aromatic ring is 1. The molecule has 0 aliphatic carbocycles. The lowest BCUT2D eigenvalue weighted by Crippen LogP contribution is -2.27. The van der Waals surface area contributed by atoms with E-state index in [2.05, 4.69) is 5.32 Å². The van der Waals surface area contributed by atoms with Crippen molar-refractivity contribution in [2.45, 2.75) is 13.0 Å². The Morgan fingerprint density at radius 1 is 1.29 bits per heavy atom. The van der Waals surface area contributed by atoms with Gasteiger partial charge in [0.2, 0.25) is 0 Å². The van der Waals surface area contributed by atoms with E-state index >= 15 is 0 Å². The van der Waals surface area contributed by atoms with E-state index in [0.29, 0.717) is 5.56 Å². The Kier molecular flexibility index (Phi) is 4.19. The van der Waals surface area contributed by atoms with Crippen LogP contribution in [0.5, 0.6) is 0 Å². The highest BCUT2D eigenvalue weighted by molar-refractivity contribution is 5.99. The number of hydrogen-bond donors (Lipinski definition) is 2. The van der Waals surface area contributed by atoms with Crippen molar-refractivity contribution in [1.82, 2.24) is 5.32 Å². The van der Waals surface area contributed by atoms with Gasteiger partial charge in [-0.15, -0.1) is 0 Å². The number of nitrogens with two attached hydrogens (primary N) is 1. The highest BCUT2D eigenvalue weighted by atomic mass is 19.1. The number of para-hydroxylation sites is 1. The van der Waals surface area contributed by atoms with Crippen LogP contribution in [0, 0.1) is 17.1 Å². The van der Waals surface area contributed by atoms with E-state index < -0.39 is 11.7 Å². The van der Waals surface area contributed by atoms with E-state index in [9.17, 15) is 9.18 Å². The molecule has 2 aromatic carbocycles. The van der Waals surface area contributed by atoms with Gasteiger partial charge in [-0.2, -0.15) is 5.26 Å². The molecule has 21 heavy (non-hydrogen) atoms. The van der Waals surface area contributed by atoms with Gasteiger partial charge in [0.15, 0.2) is 0 Å². The number of halogens is 1. The molecule has 0 spiro atoms. The average molecular weight is 283 g/mol. The number of amides is 1. The second kappa shape index (κ2) is 6.06. The molecule has 0 aromatic heterocycles. The Morgan fingerprint density at radius 3 is 2.57 bits per heavy atom. The van der Waals surface area contributed by atoms with E-state index in [1.807, 2.05) is 6.07 Å². The fourth-order valence-corrected chi connectivity index (χ4v) is 1.94. The summed E-state index contributed by atoms with van der Waals surface area (Å²) >= 11 is 0. The number of nitrogens with one attached hydrogen (secondary N) is 1. The SMILES string of the molecule is CC(NC(=O)c1cccc(F)c1N)c1ccc(C#N)cc1. The summed E-state index contributed by atoms with van der Waals surface area (Å²) in [5.41, 5.74) is 6.90. The summed E-state index contributed by atoms with van der Waals surface area (Å²) in [5, 5.41) is 11.5. The van der Waals surface area contributed by atoms with Crippen LogP contribution < -0.4 is 11.1 Å². The first-order valence-corrected chi connectivity index (χ1v) is 6.38. The van der Waals surface area contributed by atoms with Gasteiger partial charge in [-0.25, -0.2) is 4.39 Å². The minimum Gasteiger partial charge on any atom is -0.396 e. The van der Waals surface area contributed by atoms with Crippen molar-refractivity contribution in [3.05, 3.63) is 65.0 Å². The highest BCUT2D eigenvalue weighted by Crippen LogP contribution is 2.18. The lowest BCUT2D eigenvalue weighted by atomic mass is 10.1. The number of carbonyl (C=O) groups excluding carboxylic acids is 1. The van der Waals surface area contributed by atoms with Crippen LogP contribution in [0.4, 0.5) is 10.1 Å². The molecule has 1 atom stereocenters. The monoisotopic (exact) mass is 283 g/mol. The first kappa shape index (κ1) is 14.5. The quantitative estimate of drug-likeness (QED) is 0.850. The lowest BCUT2D eigenvalue weighted by Gasteiger charge is -2.15. The zero-order chi connectivity index (χ0) is 15.4. The Labute approximate surface area is 122 Å². The third-order valence-corrected chi connectivity index (χ3v) is 3.18. The van der Waals surface area contributed by atoms with Crippen LogP contribution in [0.1, 0.15) is 34.5 Å². The molecular weight excluding hydrogens is 269 g/mol. The van der Waals surface area contributed by atoms with Crippen LogP contribution in [0.15, 0.2) is 42.5 Å². The summed E-state index contributed by atoms with van der Waals surface area (Å²) in [6, 6.07) is 12.7. The van der Waals surface area contributed by atoms with Crippen LogP contribution in [0.3, 0.4) is 0 Å². The second-order valence-electron chi connectivity index (χ2n) is 4.63. The van der Waals surface area contributed by atoms with E-state index in [-0.39, 0.29) is 17.3 Å². The third kappa shape index (κ3) is 3.18. The summed E-state index contributed by atoms with van der Waals surface area (Å²) in [5.74, 6) is -1.06. The van der Waals surface area contributed by atoms with Crippen LogP contribution in [0.25, 0.3) is 0 Å². The Morgan fingerprint density at radius 2 is 1.95 bits per heavy atom. The minimum absolute atomic E-state index is 0.107. The summed E-state index contributed by atoms with van der Waals surface area (Å²) < 4.78 is 13.3. The number of nitriles is 1. The average Bonchev–Trinajstić information content (AvgIpc) is 2.50. The van der Waals surface area contributed by atoms with Crippen LogP contribution in [-0.2, 0) is 0 Å². The van der Waals surface area contributed by atoms with Gasteiger partial charge in [-0.3, -0.25) is 4.79 Å². The maximum Gasteiger partial charge on any atom is 0.253 e. The van der Waals surface area contributed by atoms with E-state index in [1.54, 1.807) is 31.2 Å². The van der Waals surface area contributed by atoms with Crippen molar-refractivity contribution >= 4 is 11.6 Å². The number of rotatable bonds is 3. The number of benzene rings is 2. The standard InChI is InChI=1S/C16H14FN3O/c1-10(12-7-5-11(9-18)6-8-12)20-16(21)13-3-2-4-14(17)15(13)19/h2-8,10H,19H2,1H3,(H,20,21). The van der Waals surface area contributed by atoms with Gasteiger partial charge in [-0.05, 0) is 36.8 Å². The van der Waals surface area contributed by atoms with Gasteiger partial charge in [0.25, 0.3) is 5.91 Å². The minimum atomic E-state index is -0.617. The lowest BCUT2D eigenvalue weighted by molar-refractivity contribution is 0.0940. The molecule has 2 rings (SSSR count). The molecule has 106 valence electrons. The zero-order valence-electron chi connectivity index (χ0n) is 11.4. The molecule has 0 fully saturated rings. The first-order chi connectivity index (χ1) is 10.0. The number of hydrogen-bond acceptors (Lipinski definition) is 3. The normalized spacial score (nSPS) is 11.5. The predicted octanol–water partition coefficient (Wildman–Crippen LogP) is 2.77. The van der Waals surface area contributed by atoms with Crippen molar-refractivity contribution < 1.29 is 9.18 Å². The van der Waals surface area contributed by atoms with E-state index in [0.717, 1.165) is 5.56 Å². The van der Waals surface area contributed by atoms with Gasteiger partial charge in [0.1, 0.15) is 5.82 Å². The molecule has 1 amide bonds. The molecule has 5 heteroatoms. The van der Waals surface area contributed by atoms with Crippen molar-refractivity contribution in [2.75, 3.05) is 5.73 Å². The number of anilines is 1. The Hall–Kier alpha value is -2.87. The predicted molar refractivity (Wildman–Crippen MR) is 77.9 cm³/mol. The second-order valence-corrected chi connectivity index (χ2v) is 4.63. The Balaban J connectivity index is 2.15. The maximum absolute atomic E-state index is 13.3. The van der Waals surface area contributed by atoms with Gasteiger partial charge in [0.05, 0.1) is 28.9 Å². The van der Waals surface area contributed by atoms with Crippen molar-refractivity contribution in [3.8, 4) is 6.07 Å². The molecule has 0 radical (unpaired) electrons. The fraction of sp³-hybridized carbons (Fsp3) is 0.125. The summed E-state index contributed by atoms with van der Waals surface area (Å²) in [6.45, 7) is 1.80. The van der Waals surface area contributed by atoms with E-state index in [1.165, 1.54) is 18.2 Å². The molecule has 0 saturated carbocycles. The van der Waals surface area contributed by atoms with Crippen molar-refractivity contribution in [2.24, 2.45) is 0 Å². The molecule has 0 aliphatic heterocycles. The van der Waals surface area contributed by atoms with Crippen LogP contribution in [-0.4, -0.2) is 5.91 Å². The maximum atomic E-state index is 13.3. The van der Waals surface area contributed by atoms with Gasteiger partial charge in [0, 0.05) is 0 Å². The van der Waals surface area contributed by atoms with Crippen molar-refractivity contribution in [1.29, 1.82) is 5.26 Å². The molecule has 1 unspecified atom stereocenters. The molecule has 3 N–H and O–H groups in total. The van der Waals surface area contributed by atoms with Gasteiger partial charge < -0.3 is 11.1 Å². The molecule has 0 aliphatic rings. The Bertz CT molecular complexity index is 704. The largest absolute Gasteiger partial charge is 0.396 e. The summed E-state index contributed by atoms with van der Waals surface area (Å²) in [4.78, 5) is 12.1. The highest BCUT2D eigenvalue weighted by Gasteiger charge is 2.15. The van der Waals surface area contributed by atoms with Crippen molar-refractivity contribution in [3.63, 3.8) is 0 Å². The molecule has 0 saturated heterocycles. The third-order valence-electron chi connectivity index (χ3n) is 3.18. The van der Waals surface area contributed by atoms with Gasteiger partial charge in [-0.1, -0.05) is 18.2 Å². The van der Waals surface area contributed by atoms with Crippen LogP contribution in [0.2, 0.25) is 0 Å². The fourth-order valence-electron chi connectivity index (χ4n) is 1.94. The smallest absolute Gasteiger partial charge is 0.253 e. The summed E-state index contributed by atoms with van der Waals surface area (Å²) in [7, 11) is 0. The molecule has 0 heterocycles. The number of nitrogens with zero attached hydrogens (tertiary/aromatic N) is 1. The molecule has 2 aromatic rings. The van der Waals surface area contributed by atoms with E-state index in [4.69, 9.17) is 11.0 Å². The topological polar surface area (TPSA) is 78.9 Å². The number of carbonyl (C=O) groups is 1. The first-order valence-electron chi connectivity index (χ1n) is 6.38. The zero-order valence-corrected chi connectivity index (χ0v) is 11.4.